The van der Waals surface area contributed by atoms with Crippen LogP contribution < -0.4 is 11.1 Å². The van der Waals surface area contributed by atoms with Crippen LogP contribution >= 0.6 is 11.6 Å². The molecule has 8 nitrogen and oxygen atoms in total. The molecule has 0 fully saturated rings. The predicted octanol–water partition coefficient (Wildman–Crippen LogP) is 2.46. The normalized spacial score (nSPS) is 13.5. The van der Waals surface area contributed by atoms with Gasteiger partial charge in [0.1, 0.15) is 6.29 Å². The Morgan fingerprint density at radius 1 is 1.18 bits per heavy atom. The number of methoxy groups -OCH3 is 1. The number of ether oxygens (including phenoxy) is 1. The van der Waals surface area contributed by atoms with Crippen LogP contribution in [0.15, 0.2) is 53.4 Å². The maximum atomic E-state index is 13.5. The molecule has 2 aromatic rings. The fourth-order valence-corrected chi connectivity index (χ4v) is 4.87. The molecular weight excluding hydrogens is 466 g/mol. The Kier molecular flexibility index (Phi) is 10.5. The van der Waals surface area contributed by atoms with Crippen LogP contribution in [0.1, 0.15) is 29.3 Å². The number of nitrogens with two attached hydrogens (primary N) is 1. The van der Waals surface area contributed by atoms with E-state index in [1.54, 1.807) is 31.4 Å². The maximum Gasteiger partial charge on any atom is 0.251 e. The van der Waals surface area contributed by atoms with Crippen molar-refractivity contribution in [2.75, 3.05) is 26.8 Å². The lowest BCUT2D eigenvalue weighted by Gasteiger charge is -2.29. The first-order chi connectivity index (χ1) is 15.7. The number of amides is 1. The molecule has 0 aliphatic rings. The highest BCUT2D eigenvalue weighted by molar-refractivity contribution is 7.89. The van der Waals surface area contributed by atoms with Crippen LogP contribution in [-0.2, 0) is 26.1 Å². The van der Waals surface area contributed by atoms with E-state index in [1.165, 1.54) is 28.6 Å². The molecule has 33 heavy (non-hydrogen) atoms. The summed E-state index contributed by atoms with van der Waals surface area (Å²) >= 11 is 5.91. The van der Waals surface area contributed by atoms with Crippen LogP contribution in [0.25, 0.3) is 0 Å². The summed E-state index contributed by atoms with van der Waals surface area (Å²) in [6.45, 7) is 2.92. The highest BCUT2D eigenvalue weighted by Gasteiger charge is 2.32. The van der Waals surface area contributed by atoms with Gasteiger partial charge in [0, 0.05) is 30.8 Å². The summed E-state index contributed by atoms with van der Waals surface area (Å²) < 4.78 is 33.0. The molecule has 180 valence electrons. The molecule has 0 radical (unpaired) electrons. The van der Waals surface area contributed by atoms with Gasteiger partial charge in [-0.25, -0.2) is 8.42 Å². The van der Waals surface area contributed by atoms with Gasteiger partial charge in [0.15, 0.2) is 0 Å². The zero-order valence-electron chi connectivity index (χ0n) is 18.7. The lowest BCUT2D eigenvalue weighted by molar-refractivity contribution is -0.111. The molecule has 0 saturated heterocycles. The van der Waals surface area contributed by atoms with Crippen LogP contribution in [0, 0.1) is 5.92 Å². The van der Waals surface area contributed by atoms with E-state index in [0.717, 1.165) is 0 Å². The molecule has 0 aliphatic heterocycles. The fraction of sp³-hybridized carbons (Fsp3) is 0.391. The molecule has 0 aromatic heterocycles. The van der Waals surface area contributed by atoms with Gasteiger partial charge in [0.25, 0.3) is 5.91 Å². The van der Waals surface area contributed by atoms with E-state index in [4.69, 9.17) is 22.1 Å². The zero-order valence-corrected chi connectivity index (χ0v) is 20.3. The maximum absolute atomic E-state index is 13.5. The summed E-state index contributed by atoms with van der Waals surface area (Å²) in [4.78, 5) is 24.2. The second-order valence-corrected chi connectivity index (χ2v) is 10.1. The van der Waals surface area contributed by atoms with E-state index in [2.05, 4.69) is 5.32 Å². The Balaban J connectivity index is 2.33. The Labute approximate surface area is 200 Å². The SMILES string of the molecule is COCCNC(=O)c1ccc(CN(C(C=O)CC(C)CN)S(=O)(=O)c2ccc(Cl)cc2)cc1. The number of rotatable bonds is 13. The Morgan fingerprint density at radius 3 is 2.36 bits per heavy atom. The summed E-state index contributed by atoms with van der Waals surface area (Å²) in [5, 5.41) is 3.13. The summed E-state index contributed by atoms with van der Waals surface area (Å²) in [6, 6.07) is 11.5. The molecule has 2 unspecified atom stereocenters. The fourth-order valence-electron chi connectivity index (χ4n) is 3.18. The van der Waals surface area contributed by atoms with Crippen molar-refractivity contribution in [3.05, 3.63) is 64.7 Å². The Bertz CT molecular complexity index is 1010. The van der Waals surface area contributed by atoms with Gasteiger partial charge in [0.05, 0.1) is 17.5 Å². The van der Waals surface area contributed by atoms with Gasteiger partial charge in [-0.3, -0.25) is 4.79 Å². The molecule has 0 spiro atoms. The van der Waals surface area contributed by atoms with Crippen molar-refractivity contribution in [1.29, 1.82) is 0 Å². The van der Waals surface area contributed by atoms with Crippen LogP contribution in [0.5, 0.6) is 0 Å². The van der Waals surface area contributed by atoms with Gasteiger partial charge in [-0.05, 0) is 60.8 Å². The quantitative estimate of drug-likeness (QED) is 0.325. The number of hydrogen-bond donors (Lipinski definition) is 2. The smallest absolute Gasteiger partial charge is 0.251 e. The molecule has 0 bridgehead atoms. The number of halogens is 1. The molecule has 0 heterocycles. The average Bonchev–Trinajstić information content (AvgIpc) is 2.81. The average molecular weight is 496 g/mol. The largest absolute Gasteiger partial charge is 0.383 e. The number of carbonyl (C=O) groups is 2. The second-order valence-electron chi connectivity index (χ2n) is 7.73. The number of carbonyl (C=O) groups excluding carboxylic acids is 2. The number of benzene rings is 2. The first kappa shape index (κ1) is 26.9. The molecular formula is C23H30ClN3O5S. The van der Waals surface area contributed by atoms with Crippen molar-refractivity contribution in [3.63, 3.8) is 0 Å². The molecule has 3 N–H and O–H groups in total. The first-order valence-electron chi connectivity index (χ1n) is 10.5. The van der Waals surface area contributed by atoms with E-state index >= 15 is 0 Å². The number of hydrogen-bond acceptors (Lipinski definition) is 6. The summed E-state index contributed by atoms with van der Waals surface area (Å²) in [7, 11) is -2.47. The van der Waals surface area contributed by atoms with E-state index < -0.39 is 16.1 Å². The molecule has 2 atom stereocenters. The van der Waals surface area contributed by atoms with E-state index in [1.807, 2.05) is 6.92 Å². The predicted molar refractivity (Wildman–Crippen MR) is 128 cm³/mol. The van der Waals surface area contributed by atoms with Gasteiger partial charge in [-0.2, -0.15) is 4.31 Å². The van der Waals surface area contributed by atoms with E-state index in [-0.39, 0.29) is 29.7 Å². The molecule has 1 amide bonds. The standard InChI is InChI=1S/C23H30ClN3O5S/c1-17(14-25)13-21(16-28)27(33(30,31)22-9-7-20(24)8-10-22)15-18-3-5-19(6-4-18)23(29)26-11-12-32-2/h3-10,16-17,21H,11-15,25H2,1-2H3,(H,26,29). The van der Waals surface area contributed by atoms with Crippen molar-refractivity contribution in [2.45, 2.75) is 30.8 Å². The molecule has 0 saturated carbocycles. The van der Waals surface area contributed by atoms with E-state index in [9.17, 15) is 18.0 Å². The number of nitrogens with zero attached hydrogens (tertiary/aromatic N) is 1. The topological polar surface area (TPSA) is 119 Å². The lowest BCUT2D eigenvalue weighted by Crippen LogP contribution is -2.42. The highest BCUT2D eigenvalue weighted by Crippen LogP contribution is 2.25. The molecule has 10 heteroatoms. The van der Waals surface area contributed by atoms with Gasteiger partial charge in [-0.1, -0.05) is 30.7 Å². The lowest BCUT2D eigenvalue weighted by atomic mass is 10.0. The van der Waals surface area contributed by atoms with Crippen LogP contribution in [0.4, 0.5) is 0 Å². The van der Waals surface area contributed by atoms with Crippen molar-refractivity contribution in [3.8, 4) is 0 Å². The first-order valence-corrected chi connectivity index (χ1v) is 12.3. The summed E-state index contributed by atoms with van der Waals surface area (Å²) in [5.41, 5.74) is 6.78. The van der Waals surface area contributed by atoms with Crippen LogP contribution in [-0.4, -0.2) is 57.8 Å². The third kappa shape index (κ3) is 7.62. The minimum atomic E-state index is -4.01. The van der Waals surface area contributed by atoms with Gasteiger partial charge < -0.3 is 20.6 Å². The third-order valence-electron chi connectivity index (χ3n) is 5.14. The third-order valence-corrected chi connectivity index (χ3v) is 7.28. The monoisotopic (exact) mass is 495 g/mol. The van der Waals surface area contributed by atoms with Gasteiger partial charge >= 0.3 is 0 Å². The van der Waals surface area contributed by atoms with Gasteiger partial charge in [-0.15, -0.1) is 0 Å². The van der Waals surface area contributed by atoms with Crippen molar-refractivity contribution in [1.82, 2.24) is 9.62 Å². The minimum absolute atomic E-state index is 0.0355. The highest BCUT2D eigenvalue weighted by atomic mass is 35.5. The number of sulfonamides is 1. The van der Waals surface area contributed by atoms with E-state index in [0.29, 0.717) is 42.1 Å². The van der Waals surface area contributed by atoms with Crippen LogP contribution in [0.2, 0.25) is 5.02 Å². The van der Waals surface area contributed by atoms with Crippen LogP contribution in [0.3, 0.4) is 0 Å². The number of aldehydes is 1. The van der Waals surface area contributed by atoms with Gasteiger partial charge in [0.2, 0.25) is 10.0 Å². The summed E-state index contributed by atoms with van der Waals surface area (Å²) in [5.74, 6) is -0.312. The number of nitrogens with one attached hydrogen (secondary N) is 1. The molecule has 2 aromatic carbocycles. The molecule has 0 aliphatic carbocycles. The van der Waals surface area contributed by atoms with Crippen molar-refractivity contribution < 1.29 is 22.7 Å². The van der Waals surface area contributed by atoms with Crippen molar-refractivity contribution >= 4 is 33.8 Å². The van der Waals surface area contributed by atoms with Crippen molar-refractivity contribution in [2.24, 2.45) is 11.7 Å². The molecule has 2 rings (SSSR count). The second kappa shape index (κ2) is 12.8. The minimum Gasteiger partial charge on any atom is -0.383 e. The Hall–Kier alpha value is -2.30. The Morgan fingerprint density at radius 2 is 1.82 bits per heavy atom. The zero-order chi connectivity index (χ0) is 24.4. The summed E-state index contributed by atoms with van der Waals surface area (Å²) in [6.07, 6.45) is 0.921.